The minimum absolute atomic E-state index is 0.0479. The van der Waals surface area contributed by atoms with Crippen molar-refractivity contribution >= 4 is 5.91 Å². The van der Waals surface area contributed by atoms with Crippen molar-refractivity contribution in [1.29, 1.82) is 0 Å². The van der Waals surface area contributed by atoms with Crippen molar-refractivity contribution in [3.8, 4) is 0 Å². The summed E-state index contributed by atoms with van der Waals surface area (Å²) in [6, 6.07) is 0. The summed E-state index contributed by atoms with van der Waals surface area (Å²) < 4.78 is 0. The summed E-state index contributed by atoms with van der Waals surface area (Å²) in [6.07, 6.45) is 6.49. The molecule has 1 aliphatic carbocycles. The Bertz CT molecular complexity index is 249. The predicted octanol–water partition coefficient (Wildman–Crippen LogP) is 2.45. The van der Waals surface area contributed by atoms with Crippen molar-refractivity contribution in [3.63, 3.8) is 0 Å². The molecule has 100 valence electrons. The molecular formula is C14H28N2O. The van der Waals surface area contributed by atoms with E-state index in [1.165, 1.54) is 12.8 Å². The highest BCUT2D eigenvalue weighted by molar-refractivity contribution is 5.79. The second-order valence-corrected chi connectivity index (χ2v) is 5.64. The molecule has 0 aromatic carbocycles. The van der Waals surface area contributed by atoms with Gasteiger partial charge in [0.25, 0.3) is 0 Å². The largest absolute Gasteiger partial charge is 0.351 e. The maximum absolute atomic E-state index is 12.3. The predicted molar refractivity (Wildman–Crippen MR) is 71.6 cm³/mol. The zero-order valence-electron chi connectivity index (χ0n) is 11.6. The van der Waals surface area contributed by atoms with E-state index >= 15 is 0 Å². The summed E-state index contributed by atoms with van der Waals surface area (Å²) in [5.41, 5.74) is 5.73. The molecule has 1 aliphatic rings. The van der Waals surface area contributed by atoms with Crippen LogP contribution < -0.4 is 11.1 Å². The zero-order valence-corrected chi connectivity index (χ0v) is 11.6. The van der Waals surface area contributed by atoms with Crippen molar-refractivity contribution in [2.75, 3.05) is 6.54 Å². The highest BCUT2D eigenvalue weighted by Gasteiger charge is 2.33. The Hall–Kier alpha value is -0.570. The van der Waals surface area contributed by atoms with Crippen LogP contribution in [0.5, 0.6) is 0 Å². The van der Waals surface area contributed by atoms with Gasteiger partial charge in [0.05, 0.1) is 0 Å². The molecule has 0 aromatic rings. The van der Waals surface area contributed by atoms with Crippen LogP contribution in [0.15, 0.2) is 0 Å². The van der Waals surface area contributed by atoms with Crippen LogP contribution >= 0.6 is 0 Å². The highest BCUT2D eigenvalue weighted by Crippen LogP contribution is 2.30. The monoisotopic (exact) mass is 240 g/mol. The first-order valence-corrected chi connectivity index (χ1v) is 7.08. The lowest BCUT2D eigenvalue weighted by Crippen LogP contribution is -2.50. The molecule has 3 heteroatoms. The first-order chi connectivity index (χ1) is 8.06. The average molecular weight is 240 g/mol. The Morgan fingerprint density at radius 1 is 1.29 bits per heavy atom. The fraction of sp³-hybridized carbons (Fsp3) is 0.929. The van der Waals surface area contributed by atoms with E-state index in [2.05, 4.69) is 26.1 Å². The quantitative estimate of drug-likeness (QED) is 0.775. The van der Waals surface area contributed by atoms with Crippen LogP contribution in [0.2, 0.25) is 0 Å². The third-order valence-electron chi connectivity index (χ3n) is 4.53. The molecule has 0 bridgehead atoms. The molecule has 2 atom stereocenters. The van der Waals surface area contributed by atoms with Crippen molar-refractivity contribution in [2.24, 2.45) is 17.6 Å². The van der Waals surface area contributed by atoms with Gasteiger partial charge in [0, 0.05) is 11.5 Å². The molecule has 3 nitrogen and oxygen atoms in total. The molecule has 2 unspecified atom stereocenters. The fourth-order valence-corrected chi connectivity index (χ4v) is 2.65. The summed E-state index contributed by atoms with van der Waals surface area (Å²) >= 11 is 0. The number of amides is 1. The number of nitrogens with two attached hydrogens (primary N) is 1. The van der Waals surface area contributed by atoms with Gasteiger partial charge in [-0.3, -0.25) is 4.79 Å². The second kappa shape index (κ2) is 6.39. The first-order valence-electron chi connectivity index (χ1n) is 7.08. The molecule has 3 N–H and O–H groups in total. The molecular weight excluding hydrogens is 212 g/mol. The van der Waals surface area contributed by atoms with Gasteiger partial charge in [0.15, 0.2) is 0 Å². The zero-order chi connectivity index (χ0) is 12.9. The molecule has 0 aromatic heterocycles. The van der Waals surface area contributed by atoms with E-state index < -0.39 is 0 Å². The minimum Gasteiger partial charge on any atom is -0.351 e. The SMILES string of the molecule is CCC(C)(CC)NC(=O)C1CCCCC1CN. The topological polar surface area (TPSA) is 55.1 Å². The number of hydrogen-bond donors (Lipinski definition) is 2. The van der Waals surface area contributed by atoms with Gasteiger partial charge in [-0.15, -0.1) is 0 Å². The van der Waals surface area contributed by atoms with Crippen LogP contribution in [0.4, 0.5) is 0 Å². The molecule has 1 rings (SSSR count). The number of carbonyl (C=O) groups excluding carboxylic acids is 1. The number of rotatable bonds is 5. The van der Waals surface area contributed by atoms with E-state index in [4.69, 9.17) is 5.73 Å². The molecule has 1 fully saturated rings. The van der Waals surface area contributed by atoms with Crippen molar-refractivity contribution in [1.82, 2.24) is 5.32 Å². The Kier molecular flexibility index (Phi) is 5.44. The molecule has 17 heavy (non-hydrogen) atoms. The first kappa shape index (κ1) is 14.5. The van der Waals surface area contributed by atoms with Crippen LogP contribution in [0.1, 0.15) is 59.3 Å². The smallest absolute Gasteiger partial charge is 0.223 e. The van der Waals surface area contributed by atoms with Gasteiger partial charge in [-0.1, -0.05) is 26.7 Å². The summed E-state index contributed by atoms with van der Waals surface area (Å²) in [5, 5.41) is 3.23. The summed E-state index contributed by atoms with van der Waals surface area (Å²) in [7, 11) is 0. The Morgan fingerprint density at radius 2 is 1.88 bits per heavy atom. The lowest BCUT2D eigenvalue weighted by molar-refractivity contribution is -0.129. The Labute approximate surface area is 106 Å². The summed E-state index contributed by atoms with van der Waals surface area (Å²) in [4.78, 5) is 12.3. The van der Waals surface area contributed by atoms with Gasteiger partial charge in [0.1, 0.15) is 0 Å². The van der Waals surface area contributed by atoms with E-state index in [9.17, 15) is 4.79 Å². The molecule has 0 spiro atoms. The molecule has 1 amide bonds. The summed E-state index contributed by atoms with van der Waals surface area (Å²) in [5.74, 6) is 0.763. The maximum atomic E-state index is 12.3. The van der Waals surface area contributed by atoms with Crippen LogP contribution in [-0.4, -0.2) is 18.0 Å². The molecule has 0 heterocycles. The highest BCUT2D eigenvalue weighted by atomic mass is 16.2. The molecule has 0 saturated heterocycles. The normalized spacial score (nSPS) is 25.6. The number of hydrogen-bond acceptors (Lipinski definition) is 2. The fourth-order valence-electron chi connectivity index (χ4n) is 2.65. The van der Waals surface area contributed by atoms with E-state index in [-0.39, 0.29) is 17.4 Å². The van der Waals surface area contributed by atoms with Crippen LogP contribution in [0, 0.1) is 11.8 Å². The molecule has 0 aliphatic heterocycles. The molecule has 0 radical (unpaired) electrons. The van der Waals surface area contributed by atoms with Gasteiger partial charge < -0.3 is 11.1 Å². The van der Waals surface area contributed by atoms with E-state index in [1.807, 2.05) is 0 Å². The van der Waals surface area contributed by atoms with Crippen LogP contribution in [0.3, 0.4) is 0 Å². The average Bonchev–Trinajstić information content (AvgIpc) is 2.38. The van der Waals surface area contributed by atoms with E-state index in [0.717, 1.165) is 25.7 Å². The number of carbonyl (C=O) groups is 1. The molecule has 1 saturated carbocycles. The van der Waals surface area contributed by atoms with Crippen molar-refractivity contribution in [3.05, 3.63) is 0 Å². The van der Waals surface area contributed by atoms with Crippen molar-refractivity contribution in [2.45, 2.75) is 64.8 Å². The Balaban J connectivity index is 2.61. The second-order valence-electron chi connectivity index (χ2n) is 5.64. The Morgan fingerprint density at radius 3 is 2.41 bits per heavy atom. The van der Waals surface area contributed by atoms with Gasteiger partial charge >= 0.3 is 0 Å². The third kappa shape index (κ3) is 3.70. The van der Waals surface area contributed by atoms with Gasteiger partial charge in [0.2, 0.25) is 5.91 Å². The van der Waals surface area contributed by atoms with E-state index in [0.29, 0.717) is 12.5 Å². The lowest BCUT2D eigenvalue weighted by atomic mass is 9.78. The van der Waals surface area contributed by atoms with Gasteiger partial charge in [-0.05, 0) is 45.1 Å². The third-order valence-corrected chi connectivity index (χ3v) is 4.53. The van der Waals surface area contributed by atoms with E-state index in [1.54, 1.807) is 0 Å². The maximum Gasteiger partial charge on any atom is 0.223 e. The van der Waals surface area contributed by atoms with Crippen molar-refractivity contribution < 1.29 is 4.79 Å². The minimum atomic E-state index is -0.0479. The van der Waals surface area contributed by atoms with Crippen LogP contribution in [0.25, 0.3) is 0 Å². The van der Waals surface area contributed by atoms with Gasteiger partial charge in [-0.25, -0.2) is 0 Å². The van der Waals surface area contributed by atoms with Crippen LogP contribution in [-0.2, 0) is 4.79 Å². The van der Waals surface area contributed by atoms with Gasteiger partial charge in [-0.2, -0.15) is 0 Å². The lowest BCUT2D eigenvalue weighted by Gasteiger charge is -2.35. The summed E-state index contributed by atoms with van der Waals surface area (Å²) in [6.45, 7) is 7.04. The number of nitrogens with one attached hydrogen (secondary N) is 1. The standard InChI is InChI=1S/C14H28N2O/c1-4-14(3,5-2)16-13(17)12-9-7-6-8-11(12)10-15/h11-12H,4-10,15H2,1-3H3,(H,16,17).